The molecule has 3 aromatic rings. The molecule has 2 bridgehead atoms. The summed E-state index contributed by atoms with van der Waals surface area (Å²) in [6, 6.07) is 20.7. The predicted molar refractivity (Wildman–Crippen MR) is 160 cm³/mol. The number of aromatic nitrogens is 1. The Morgan fingerprint density at radius 1 is 1.08 bits per heavy atom. The number of aryl methyl sites for hydroxylation is 1. The second kappa shape index (κ2) is 11.0. The monoisotopic (exact) mass is 562 g/mol. The average Bonchev–Trinajstić information content (AvgIpc) is 3.68. The van der Waals surface area contributed by atoms with Crippen molar-refractivity contribution in [3.05, 3.63) is 87.4 Å². The van der Waals surface area contributed by atoms with E-state index in [1.807, 2.05) is 53.4 Å². The number of rotatable bonds is 8. The average molecular weight is 563 g/mol. The number of fused-ring (bicyclic) bond motifs is 2. The number of hydrogen-bond acceptors (Lipinski definition) is 4. The van der Waals surface area contributed by atoms with Gasteiger partial charge in [0.05, 0.1) is 10.6 Å². The van der Waals surface area contributed by atoms with Gasteiger partial charge in [0.25, 0.3) is 5.91 Å². The molecule has 0 spiro atoms. The lowest BCUT2D eigenvalue weighted by atomic mass is 9.94. The number of aliphatic hydroxyl groups is 1. The first-order valence-corrected chi connectivity index (χ1v) is 15.0. The van der Waals surface area contributed by atoms with Crippen molar-refractivity contribution >= 4 is 51.9 Å². The summed E-state index contributed by atoms with van der Waals surface area (Å²) in [7, 11) is 0. The zero-order valence-electron chi connectivity index (χ0n) is 21.2. The highest BCUT2D eigenvalue weighted by molar-refractivity contribution is 8.26. The van der Waals surface area contributed by atoms with Gasteiger partial charge in [-0.1, -0.05) is 84.5 Å². The predicted octanol–water partition coefficient (Wildman–Crippen LogP) is 7.17. The highest BCUT2D eigenvalue weighted by atomic mass is 35.5. The van der Waals surface area contributed by atoms with Crippen LogP contribution in [0.5, 0.6) is 0 Å². The number of carbonyl (C=O) groups is 1. The van der Waals surface area contributed by atoms with E-state index in [9.17, 15) is 9.90 Å². The van der Waals surface area contributed by atoms with Crippen LogP contribution in [0.25, 0.3) is 17.3 Å². The molecule has 1 N–H and O–H groups in total. The molecule has 0 radical (unpaired) electrons. The lowest BCUT2D eigenvalue weighted by Gasteiger charge is -2.30. The van der Waals surface area contributed by atoms with Crippen molar-refractivity contribution in [1.82, 2.24) is 9.47 Å². The first-order valence-electron chi connectivity index (χ1n) is 13.4. The maximum atomic E-state index is 13.7. The minimum atomic E-state index is 0.0509. The summed E-state index contributed by atoms with van der Waals surface area (Å²) >= 11 is 13.4. The molecule has 1 amide bonds. The lowest BCUT2D eigenvalue weighted by molar-refractivity contribution is -0.124. The molecule has 3 unspecified atom stereocenters. The Balaban J connectivity index is 1.42. The van der Waals surface area contributed by atoms with Crippen LogP contribution in [-0.4, -0.2) is 37.4 Å². The summed E-state index contributed by atoms with van der Waals surface area (Å²) < 4.78 is 2.98. The summed E-state index contributed by atoms with van der Waals surface area (Å²) in [5.41, 5.74) is 5.45. The topological polar surface area (TPSA) is 45.5 Å². The first-order chi connectivity index (χ1) is 18.5. The minimum absolute atomic E-state index is 0.0509. The summed E-state index contributed by atoms with van der Waals surface area (Å²) in [5.74, 6) is 1.39. The lowest BCUT2D eigenvalue weighted by Crippen LogP contribution is -2.41. The molecular formula is C31H31ClN2O2S2. The van der Waals surface area contributed by atoms with Gasteiger partial charge in [-0.15, -0.1) is 0 Å². The van der Waals surface area contributed by atoms with E-state index >= 15 is 0 Å². The molecule has 38 heavy (non-hydrogen) atoms. The fourth-order valence-electron chi connectivity index (χ4n) is 6.52. The Hall–Kier alpha value is -2.38. The number of carbonyl (C=O) groups excluding carboxylic acids is 1. The Kier molecular flexibility index (Phi) is 7.50. The van der Waals surface area contributed by atoms with Gasteiger partial charge in [0, 0.05) is 29.9 Å². The maximum absolute atomic E-state index is 13.7. The van der Waals surface area contributed by atoms with Crippen LogP contribution in [0.15, 0.2) is 65.6 Å². The normalized spacial score (nSPS) is 23.8. The van der Waals surface area contributed by atoms with Crippen molar-refractivity contribution in [1.29, 1.82) is 0 Å². The molecule has 3 atom stereocenters. The van der Waals surface area contributed by atoms with Gasteiger partial charge in [-0.25, -0.2) is 0 Å². The third kappa shape index (κ3) is 5.00. The van der Waals surface area contributed by atoms with Crippen LogP contribution in [0.2, 0.25) is 5.02 Å². The fraction of sp³-hybridized carbons (Fsp3) is 0.355. The SMILES string of the molecule is O=C1C(=Cc2cc(CCCO)c(-c3ccc(Cl)cc3)n2Cc2ccccc2)SC(=S)N1C1CC2CCC1C2. The standard InChI is InChI=1S/C31H31ClN2O2S2/c32-25-12-10-22(11-13-25)29-24(7-4-14-35)17-26(33(29)19-20-5-2-1-3-6-20)18-28-30(36)34(31(37)38-28)27-16-21-8-9-23(27)15-21/h1-3,5-6,10-13,17-18,21,23,27,35H,4,7-9,14-16,19H2. The van der Waals surface area contributed by atoms with E-state index in [1.165, 1.54) is 36.6 Å². The highest BCUT2D eigenvalue weighted by Crippen LogP contribution is 2.49. The van der Waals surface area contributed by atoms with Gasteiger partial charge < -0.3 is 9.67 Å². The third-order valence-electron chi connectivity index (χ3n) is 8.25. The van der Waals surface area contributed by atoms with E-state index in [0.717, 1.165) is 41.3 Å². The van der Waals surface area contributed by atoms with Crippen LogP contribution in [0.1, 0.15) is 48.9 Å². The van der Waals surface area contributed by atoms with Crippen LogP contribution in [0.3, 0.4) is 0 Å². The number of benzene rings is 2. The molecule has 4 nitrogen and oxygen atoms in total. The van der Waals surface area contributed by atoms with Gasteiger partial charge >= 0.3 is 0 Å². The van der Waals surface area contributed by atoms with Crippen molar-refractivity contribution in [3.8, 4) is 11.3 Å². The zero-order chi connectivity index (χ0) is 26.2. The Morgan fingerprint density at radius 3 is 2.55 bits per heavy atom. The molecule has 1 aliphatic heterocycles. The van der Waals surface area contributed by atoms with Crippen molar-refractivity contribution in [3.63, 3.8) is 0 Å². The number of thiocarbonyl (C=S) groups is 1. The number of hydrogen-bond donors (Lipinski definition) is 1. The molecule has 1 aromatic heterocycles. The van der Waals surface area contributed by atoms with Crippen LogP contribution >= 0.6 is 35.6 Å². The second-order valence-corrected chi connectivity index (χ2v) is 12.8. The molecule has 2 aliphatic carbocycles. The van der Waals surface area contributed by atoms with Gasteiger partial charge in [-0.2, -0.15) is 0 Å². The van der Waals surface area contributed by atoms with Gasteiger partial charge in [-0.3, -0.25) is 9.69 Å². The van der Waals surface area contributed by atoms with Crippen LogP contribution in [0, 0.1) is 11.8 Å². The molecule has 2 aromatic carbocycles. The second-order valence-electron chi connectivity index (χ2n) is 10.6. The van der Waals surface area contributed by atoms with E-state index in [0.29, 0.717) is 33.1 Å². The van der Waals surface area contributed by atoms with Crippen LogP contribution < -0.4 is 0 Å². The van der Waals surface area contributed by atoms with Gasteiger partial charge in [0.1, 0.15) is 4.32 Å². The van der Waals surface area contributed by atoms with E-state index in [1.54, 1.807) is 0 Å². The summed E-state index contributed by atoms with van der Waals surface area (Å²) in [4.78, 5) is 16.3. The fourth-order valence-corrected chi connectivity index (χ4v) is 8.00. The number of amides is 1. The van der Waals surface area contributed by atoms with Gasteiger partial charge in [0.2, 0.25) is 0 Å². The molecule has 2 saturated carbocycles. The number of halogens is 1. The first kappa shape index (κ1) is 25.9. The summed E-state index contributed by atoms with van der Waals surface area (Å²) in [6.07, 6.45) is 8.26. The van der Waals surface area contributed by atoms with E-state index in [4.69, 9.17) is 23.8 Å². The molecule has 7 heteroatoms. The Labute approximate surface area is 238 Å². The third-order valence-corrected chi connectivity index (χ3v) is 9.83. The molecule has 6 rings (SSSR count). The highest BCUT2D eigenvalue weighted by Gasteiger charge is 2.48. The van der Waals surface area contributed by atoms with E-state index < -0.39 is 0 Å². The quantitative estimate of drug-likeness (QED) is 0.233. The summed E-state index contributed by atoms with van der Waals surface area (Å²) in [5, 5.41) is 10.3. The number of nitrogens with zero attached hydrogens (tertiary/aromatic N) is 2. The van der Waals surface area contributed by atoms with Gasteiger partial charge in [0.15, 0.2) is 0 Å². The largest absolute Gasteiger partial charge is 0.396 e. The molecule has 196 valence electrons. The molecular weight excluding hydrogens is 532 g/mol. The van der Waals surface area contributed by atoms with Gasteiger partial charge in [-0.05, 0) is 84.9 Å². The molecule has 1 saturated heterocycles. The van der Waals surface area contributed by atoms with Crippen molar-refractivity contribution < 1.29 is 9.90 Å². The maximum Gasteiger partial charge on any atom is 0.266 e. The van der Waals surface area contributed by atoms with E-state index in [-0.39, 0.29) is 18.6 Å². The Morgan fingerprint density at radius 2 is 1.87 bits per heavy atom. The number of thioether (sulfide) groups is 1. The van der Waals surface area contributed by atoms with Crippen LogP contribution in [-0.2, 0) is 17.8 Å². The van der Waals surface area contributed by atoms with E-state index in [2.05, 4.69) is 22.8 Å². The Bertz CT molecular complexity index is 1380. The molecule has 3 fully saturated rings. The van der Waals surface area contributed by atoms with Crippen molar-refractivity contribution in [2.24, 2.45) is 11.8 Å². The molecule has 2 heterocycles. The minimum Gasteiger partial charge on any atom is -0.396 e. The zero-order valence-corrected chi connectivity index (χ0v) is 23.6. The smallest absolute Gasteiger partial charge is 0.266 e. The van der Waals surface area contributed by atoms with Crippen LogP contribution in [0.4, 0.5) is 0 Å². The van der Waals surface area contributed by atoms with Crippen molar-refractivity contribution in [2.75, 3.05) is 6.61 Å². The molecule has 3 aliphatic rings. The summed E-state index contributed by atoms with van der Waals surface area (Å²) in [6.45, 7) is 0.790. The number of aliphatic hydroxyl groups excluding tert-OH is 1. The van der Waals surface area contributed by atoms with Crippen molar-refractivity contribution in [2.45, 2.75) is 51.1 Å².